The highest BCUT2D eigenvalue weighted by molar-refractivity contribution is 7.91. The van der Waals surface area contributed by atoms with Crippen molar-refractivity contribution in [1.29, 1.82) is 0 Å². The highest BCUT2D eigenvalue weighted by atomic mass is 35.5. The Morgan fingerprint density at radius 3 is 2.68 bits per heavy atom. The first kappa shape index (κ1) is 18.5. The number of hydrogen-bond acceptors (Lipinski definition) is 4. The third kappa shape index (κ3) is 4.86. The summed E-state index contributed by atoms with van der Waals surface area (Å²) >= 11 is 6.05. The molecular weight excluding hydrogens is 362 g/mol. The van der Waals surface area contributed by atoms with Crippen LogP contribution in [0.5, 0.6) is 0 Å². The molecule has 0 saturated carbocycles. The zero-order valence-electron chi connectivity index (χ0n) is 14.4. The minimum atomic E-state index is -3.01. The topological polar surface area (TPSA) is 70.9 Å². The van der Waals surface area contributed by atoms with Crippen molar-refractivity contribution < 1.29 is 18.1 Å². The first-order valence-corrected chi connectivity index (χ1v) is 10.8. The van der Waals surface area contributed by atoms with Crippen LogP contribution in [0.4, 0.5) is 5.69 Å². The number of carbonyl (C=O) groups excluding carboxylic acids is 1. The molecule has 2 aliphatic rings. The number of nitrogens with one attached hydrogen (secondary N) is 2. The van der Waals surface area contributed by atoms with Crippen LogP contribution in [-0.4, -0.2) is 64.1 Å². The molecule has 6 nitrogen and oxygen atoms in total. The predicted molar refractivity (Wildman–Crippen MR) is 99.0 cm³/mol. The summed E-state index contributed by atoms with van der Waals surface area (Å²) in [6, 6.07) is 7.81. The van der Waals surface area contributed by atoms with Crippen LogP contribution in [-0.2, 0) is 14.6 Å². The molecule has 2 saturated heterocycles. The largest absolute Gasteiger partial charge is 0.360 e. The first-order chi connectivity index (χ1) is 11.7. The predicted octanol–water partition coefficient (Wildman–Crippen LogP) is -0.262. The summed E-state index contributed by atoms with van der Waals surface area (Å²) in [7, 11) is -3.01. The zero-order chi connectivity index (χ0) is 18.1. The molecule has 2 N–H and O–H groups in total. The third-order valence-electron chi connectivity index (χ3n) is 5.00. The molecule has 2 fully saturated rings. The van der Waals surface area contributed by atoms with Crippen molar-refractivity contribution in [2.24, 2.45) is 0 Å². The SMILES string of the molecule is C[C@@]1(NC(=O)C[NH+]2CCN(c3cccc(Cl)c3)CC2)CCS(=O)(=O)C1. The average Bonchev–Trinajstić information content (AvgIpc) is 2.81. The lowest BCUT2D eigenvalue weighted by atomic mass is 10.0. The normalized spacial score (nSPS) is 26.6. The van der Waals surface area contributed by atoms with Crippen LogP contribution >= 0.6 is 11.6 Å². The number of rotatable bonds is 4. The lowest BCUT2D eigenvalue weighted by Crippen LogP contribution is -3.16. The van der Waals surface area contributed by atoms with E-state index in [0.29, 0.717) is 13.0 Å². The van der Waals surface area contributed by atoms with Gasteiger partial charge < -0.3 is 15.1 Å². The molecule has 0 aliphatic carbocycles. The number of amides is 1. The van der Waals surface area contributed by atoms with Gasteiger partial charge in [0.25, 0.3) is 5.91 Å². The van der Waals surface area contributed by atoms with Gasteiger partial charge in [-0.2, -0.15) is 0 Å². The number of halogens is 1. The van der Waals surface area contributed by atoms with Crippen molar-refractivity contribution in [2.45, 2.75) is 18.9 Å². The maximum atomic E-state index is 12.3. The monoisotopic (exact) mass is 386 g/mol. The minimum Gasteiger partial charge on any atom is -0.360 e. The van der Waals surface area contributed by atoms with Crippen molar-refractivity contribution in [3.05, 3.63) is 29.3 Å². The average molecular weight is 387 g/mol. The molecule has 2 aliphatic heterocycles. The van der Waals surface area contributed by atoms with Gasteiger partial charge in [0, 0.05) is 10.7 Å². The Morgan fingerprint density at radius 2 is 2.08 bits per heavy atom. The summed E-state index contributed by atoms with van der Waals surface area (Å²) < 4.78 is 23.3. The number of piperazine rings is 1. The number of sulfone groups is 1. The quantitative estimate of drug-likeness (QED) is 0.748. The molecule has 138 valence electrons. The highest BCUT2D eigenvalue weighted by Gasteiger charge is 2.40. The molecule has 0 radical (unpaired) electrons. The van der Waals surface area contributed by atoms with Crippen LogP contribution in [0.1, 0.15) is 13.3 Å². The van der Waals surface area contributed by atoms with Crippen LogP contribution in [0.3, 0.4) is 0 Å². The molecule has 2 heterocycles. The Labute approximate surface area is 154 Å². The van der Waals surface area contributed by atoms with Gasteiger partial charge in [0.1, 0.15) is 0 Å². The first-order valence-electron chi connectivity index (χ1n) is 8.60. The summed E-state index contributed by atoms with van der Waals surface area (Å²) in [4.78, 5) is 15.8. The summed E-state index contributed by atoms with van der Waals surface area (Å²) in [5, 5.41) is 3.67. The van der Waals surface area contributed by atoms with Crippen LogP contribution in [0.15, 0.2) is 24.3 Å². The molecule has 8 heteroatoms. The summed E-state index contributed by atoms with van der Waals surface area (Å²) in [6.45, 7) is 5.69. The van der Waals surface area contributed by atoms with Crippen molar-refractivity contribution >= 4 is 33.0 Å². The van der Waals surface area contributed by atoms with Gasteiger partial charge in [-0.15, -0.1) is 0 Å². The smallest absolute Gasteiger partial charge is 0.275 e. The number of anilines is 1. The zero-order valence-corrected chi connectivity index (χ0v) is 16.0. The van der Waals surface area contributed by atoms with Gasteiger partial charge in [-0.25, -0.2) is 8.42 Å². The second-order valence-electron chi connectivity index (χ2n) is 7.34. The third-order valence-corrected chi connectivity index (χ3v) is 7.14. The minimum absolute atomic E-state index is 0.0453. The number of quaternary nitrogens is 1. The molecule has 0 unspecified atom stereocenters. The van der Waals surface area contributed by atoms with E-state index in [1.54, 1.807) is 0 Å². The maximum absolute atomic E-state index is 12.3. The van der Waals surface area contributed by atoms with Crippen LogP contribution in [0.2, 0.25) is 5.02 Å². The summed E-state index contributed by atoms with van der Waals surface area (Å²) in [5.74, 6) is 0.143. The van der Waals surface area contributed by atoms with E-state index in [1.807, 2.05) is 31.2 Å². The molecule has 0 spiro atoms. The Balaban J connectivity index is 1.48. The van der Waals surface area contributed by atoms with Gasteiger partial charge in [-0.1, -0.05) is 17.7 Å². The van der Waals surface area contributed by atoms with Gasteiger partial charge in [0.2, 0.25) is 0 Å². The second-order valence-corrected chi connectivity index (χ2v) is 9.97. The van der Waals surface area contributed by atoms with Crippen LogP contribution in [0.25, 0.3) is 0 Å². The molecule has 0 aromatic heterocycles. The van der Waals surface area contributed by atoms with Crippen LogP contribution < -0.4 is 15.1 Å². The maximum Gasteiger partial charge on any atom is 0.275 e. The van der Waals surface area contributed by atoms with E-state index < -0.39 is 15.4 Å². The van der Waals surface area contributed by atoms with E-state index in [1.165, 1.54) is 4.90 Å². The standard InChI is InChI=1S/C17H24ClN3O3S/c1-17(5-10-25(23,24)13-17)19-16(22)12-20-6-8-21(9-7-20)15-4-2-3-14(18)11-15/h2-4,11H,5-10,12-13H2,1H3,(H,19,22)/p+1/t17-/m1/s1. The number of benzene rings is 1. The van der Waals surface area contributed by atoms with E-state index in [4.69, 9.17) is 11.6 Å². The molecule has 25 heavy (non-hydrogen) atoms. The van der Waals surface area contributed by atoms with Crippen molar-refractivity contribution in [2.75, 3.05) is 49.1 Å². The van der Waals surface area contributed by atoms with Crippen molar-refractivity contribution in [3.8, 4) is 0 Å². The lowest BCUT2D eigenvalue weighted by Gasteiger charge is -2.34. The molecule has 1 aromatic rings. The molecule has 1 atom stereocenters. The fourth-order valence-electron chi connectivity index (χ4n) is 3.65. The van der Waals surface area contributed by atoms with E-state index >= 15 is 0 Å². The number of carbonyl (C=O) groups is 1. The second kappa shape index (κ2) is 7.13. The molecule has 3 rings (SSSR count). The van der Waals surface area contributed by atoms with E-state index in [0.717, 1.165) is 36.9 Å². The number of nitrogens with zero attached hydrogens (tertiary/aromatic N) is 1. The lowest BCUT2D eigenvalue weighted by molar-refractivity contribution is -0.892. The van der Waals surface area contributed by atoms with E-state index in [-0.39, 0.29) is 17.4 Å². The fourth-order valence-corrected chi connectivity index (χ4v) is 5.93. The Kier molecular flexibility index (Phi) is 5.27. The molecule has 1 aromatic carbocycles. The Hall–Kier alpha value is -1.31. The summed E-state index contributed by atoms with van der Waals surface area (Å²) in [6.07, 6.45) is 0.499. The van der Waals surface area contributed by atoms with E-state index in [2.05, 4.69) is 10.2 Å². The molecule has 1 amide bonds. The van der Waals surface area contributed by atoms with Gasteiger partial charge in [0.15, 0.2) is 16.4 Å². The van der Waals surface area contributed by atoms with Gasteiger partial charge >= 0.3 is 0 Å². The molecule has 0 bridgehead atoms. The van der Waals surface area contributed by atoms with Crippen molar-refractivity contribution in [1.82, 2.24) is 5.32 Å². The van der Waals surface area contributed by atoms with Gasteiger partial charge in [-0.3, -0.25) is 4.79 Å². The summed E-state index contributed by atoms with van der Waals surface area (Å²) in [5.41, 5.74) is 0.498. The van der Waals surface area contributed by atoms with Gasteiger partial charge in [-0.05, 0) is 31.5 Å². The van der Waals surface area contributed by atoms with Crippen LogP contribution in [0, 0.1) is 0 Å². The molecular formula is C17H25ClN3O3S+. The van der Waals surface area contributed by atoms with Crippen molar-refractivity contribution in [3.63, 3.8) is 0 Å². The highest BCUT2D eigenvalue weighted by Crippen LogP contribution is 2.22. The fraction of sp³-hybridized carbons (Fsp3) is 0.588. The van der Waals surface area contributed by atoms with E-state index in [9.17, 15) is 13.2 Å². The Morgan fingerprint density at radius 1 is 1.36 bits per heavy atom. The number of hydrogen-bond donors (Lipinski definition) is 2. The van der Waals surface area contributed by atoms with Gasteiger partial charge in [0.05, 0.1) is 43.2 Å². The Bertz CT molecular complexity index is 747.